The molecule has 70 valence electrons. The Balaban J connectivity index is 4.37. The molecule has 0 aromatic rings. The van der Waals surface area contributed by atoms with E-state index in [9.17, 15) is 0 Å². The van der Waals surface area contributed by atoms with Crippen molar-refractivity contribution in [2.75, 3.05) is 6.61 Å². The lowest BCUT2D eigenvalue weighted by Crippen LogP contribution is -2.15. The minimum absolute atomic E-state index is 0.169. The van der Waals surface area contributed by atoms with Crippen LogP contribution in [0.2, 0.25) is 19.6 Å². The lowest BCUT2D eigenvalue weighted by atomic mass is 10.2. The second-order valence-corrected chi connectivity index (χ2v) is 9.39. The van der Waals surface area contributed by atoms with E-state index in [-0.39, 0.29) is 6.61 Å². The molecule has 0 bridgehead atoms. The Labute approximate surface area is 76.8 Å². The van der Waals surface area contributed by atoms with E-state index in [1.165, 1.54) is 5.57 Å². The number of hydrogen-bond acceptors (Lipinski definition) is 1. The number of rotatable bonds is 3. The molecule has 0 amide bonds. The van der Waals surface area contributed by atoms with Gasteiger partial charge >= 0.3 is 0 Å². The zero-order chi connectivity index (χ0) is 9.78. The first-order valence-electron chi connectivity index (χ1n) is 4.33. The molecule has 0 aromatic carbocycles. The van der Waals surface area contributed by atoms with Gasteiger partial charge < -0.3 is 5.11 Å². The number of hydrogen-bond donors (Lipinski definition) is 1. The molecule has 0 rings (SSSR count). The SMILES string of the molecule is CC(/C=C/[Si](C)(C)C)=C(\C)CO. The van der Waals surface area contributed by atoms with Gasteiger partial charge in [-0.25, -0.2) is 0 Å². The molecule has 2 heteroatoms. The van der Waals surface area contributed by atoms with Crippen LogP contribution in [0.5, 0.6) is 0 Å². The third-order valence-corrected chi connectivity index (χ3v) is 2.91. The van der Waals surface area contributed by atoms with Crippen LogP contribution >= 0.6 is 0 Å². The highest BCUT2D eigenvalue weighted by Gasteiger charge is 2.06. The van der Waals surface area contributed by atoms with Crippen molar-refractivity contribution in [1.29, 1.82) is 0 Å². The van der Waals surface area contributed by atoms with Gasteiger partial charge in [0, 0.05) is 0 Å². The summed E-state index contributed by atoms with van der Waals surface area (Å²) >= 11 is 0. The molecule has 0 heterocycles. The van der Waals surface area contributed by atoms with E-state index < -0.39 is 8.07 Å². The third-order valence-electron chi connectivity index (χ3n) is 1.74. The molecule has 0 atom stereocenters. The van der Waals surface area contributed by atoms with Gasteiger partial charge in [0.1, 0.15) is 0 Å². The molecule has 1 N–H and O–H groups in total. The van der Waals surface area contributed by atoms with E-state index in [4.69, 9.17) is 5.11 Å². The molecule has 0 saturated heterocycles. The van der Waals surface area contributed by atoms with Gasteiger partial charge in [-0.15, -0.1) is 0 Å². The number of aliphatic hydroxyl groups is 1. The van der Waals surface area contributed by atoms with Crippen molar-refractivity contribution in [3.05, 3.63) is 22.9 Å². The molecule has 0 aliphatic rings. The molecule has 0 unspecified atom stereocenters. The van der Waals surface area contributed by atoms with Crippen molar-refractivity contribution in [2.45, 2.75) is 33.5 Å². The summed E-state index contributed by atoms with van der Waals surface area (Å²) < 4.78 is 0. The lowest BCUT2D eigenvalue weighted by Gasteiger charge is -2.08. The molecule has 12 heavy (non-hydrogen) atoms. The second kappa shape index (κ2) is 4.63. The fourth-order valence-electron chi connectivity index (χ4n) is 0.642. The van der Waals surface area contributed by atoms with Crippen molar-refractivity contribution < 1.29 is 5.11 Å². The smallest absolute Gasteiger partial charge is 0.0687 e. The van der Waals surface area contributed by atoms with Crippen LogP contribution in [0, 0.1) is 0 Å². The third kappa shape index (κ3) is 5.33. The lowest BCUT2D eigenvalue weighted by molar-refractivity contribution is 0.330. The Morgan fingerprint density at radius 2 is 1.75 bits per heavy atom. The fraction of sp³-hybridized carbons (Fsp3) is 0.600. The highest BCUT2D eigenvalue weighted by atomic mass is 28.3. The van der Waals surface area contributed by atoms with Gasteiger partial charge in [0.2, 0.25) is 0 Å². The van der Waals surface area contributed by atoms with Crippen LogP contribution in [-0.2, 0) is 0 Å². The van der Waals surface area contributed by atoms with E-state index in [1.807, 2.05) is 13.8 Å². The van der Waals surface area contributed by atoms with Gasteiger partial charge in [0.05, 0.1) is 14.7 Å². The Bertz CT molecular complexity index is 196. The van der Waals surface area contributed by atoms with Crippen molar-refractivity contribution in [3.63, 3.8) is 0 Å². The summed E-state index contributed by atoms with van der Waals surface area (Å²) in [6, 6.07) is 0. The second-order valence-electron chi connectivity index (χ2n) is 4.32. The van der Waals surface area contributed by atoms with Crippen LogP contribution in [0.3, 0.4) is 0 Å². The summed E-state index contributed by atoms with van der Waals surface area (Å²) in [5.41, 5.74) is 4.55. The standard InChI is InChI=1S/C10H20OSi/c1-9(10(2)8-11)6-7-12(3,4)5/h6-7,11H,8H2,1-5H3/b7-6+,10-9-. The van der Waals surface area contributed by atoms with E-state index in [2.05, 4.69) is 31.4 Å². The Morgan fingerprint density at radius 1 is 1.25 bits per heavy atom. The summed E-state index contributed by atoms with van der Waals surface area (Å²) in [6.45, 7) is 11.1. The summed E-state index contributed by atoms with van der Waals surface area (Å²) in [5.74, 6) is 0. The van der Waals surface area contributed by atoms with Crippen LogP contribution in [-0.4, -0.2) is 19.8 Å². The molecule has 0 aromatic heterocycles. The average molecular weight is 184 g/mol. The highest BCUT2D eigenvalue weighted by molar-refractivity contribution is 6.81. The van der Waals surface area contributed by atoms with E-state index in [0.717, 1.165) is 5.57 Å². The number of aliphatic hydroxyl groups excluding tert-OH is 1. The quantitative estimate of drug-likeness (QED) is 0.528. The number of allylic oxidation sites excluding steroid dienone is 2. The van der Waals surface area contributed by atoms with Gasteiger partial charge in [-0.3, -0.25) is 0 Å². The van der Waals surface area contributed by atoms with Crippen LogP contribution < -0.4 is 0 Å². The molecule has 0 fully saturated rings. The van der Waals surface area contributed by atoms with Gasteiger partial charge in [-0.05, 0) is 19.4 Å². The molecule has 0 radical (unpaired) electrons. The fourth-order valence-corrected chi connectivity index (χ4v) is 1.39. The zero-order valence-electron chi connectivity index (χ0n) is 8.81. The van der Waals surface area contributed by atoms with Crippen molar-refractivity contribution in [3.8, 4) is 0 Å². The van der Waals surface area contributed by atoms with Crippen molar-refractivity contribution >= 4 is 8.07 Å². The highest BCUT2D eigenvalue weighted by Crippen LogP contribution is 2.08. The van der Waals surface area contributed by atoms with Crippen LogP contribution in [0.25, 0.3) is 0 Å². The minimum Gasteiger partial charge on any atom is -0.392 e. The Morgan fingerprint density at radius 3 is 2.08 bits per heavy atom. The molecule has 1 nitrogen and oxygen atoms in total. The first-order chi connectivity index (χ1) is 5.37. The van der Waals surface area contributed by atoms with Gasteiger partial charge in [-0.2, -0.15) is 0 Å². The molecular weight excluding hydrogens is 164 g/mol. The maximum atomic E-state index is 8.85. The minimum atomic E-state index is -1.07. The summed E-state index contributed by atoms with van der Waals surface area (Å²) in [7, 11) is -1.07. The predicted octanol–water partition coefficient (Wildman–Crippen LogP) is 2.75. The molecule has 0 aliphatic heterocycles. The van der Waals surface area contributed by atoms with Crippen LogP contribution in [0.15, 0.2) is 22.9 Å². The predicted molar refractivity (Wildman–Crippen MR) is 57.9 cm³/mol. The maximum absolute atomic E-state index is 8.85. The van der Waals surface area contributed by atoms with E-state index in [0.29, 0.717) is 0 Å². The Hall–Kier alpha value is -0.343. The summed E-state index contributed by atoms with van der Waals surface area (Å²) in [6.07, 6.45) is 2.14. The van der Waals surface area contributed by atoms with E-state index >= 15 is 0 Å². The van der Waals surface area contributed by atoms with Gasteiger partial charge in [0.15, 0.2) is 0 Å². The normalized spacial score (nSPS) is 15.2. The molecule has 0 spiro atoms. The van der Waals surface area contributed by atoms with Gasteiger partial charge in [0.25, 0.3) is 0 Å². The topological polar surface area (TPSA) is 20.2 Å². The zero-order valence-corrected chi connectivity index (χ0v) is 9.81. The summed E-state index contributed by atoms with van der Waals surface area (Å²) in [5, 5.41) is 8.85. The monoisotopic (exact) mass is 184 g/mol. The molecule has 0 saturated carbocycles. The summed E-state index contributed by atoms with van der Waals surface area (Å²) in [4.78, 5) is 0. The van der Waals surface area contributed by atoms with E-state index in [1.54, 1.807) is 0 Å². The van der Waals surface area contributed by atoms with Crippen LogP contribution in [0.4, 0.5) is 0 Å². The molecule has 0 aliphatic carbocycles. The maximum Gasteiger partial charge on any atom is 0.0687 e. The van der Waals surface area contributed by atoms with Crippen LogP contribution in [0.1, 0.15) is 13.8 Å². The first-order valence-corrected chi connectivity index (χ1v) is 7.91. The van der Waals surface area contributed by atoms with Gasteiger partial charge in [-0.1, -0.05) is 37.0 Å². The Kier molecular flexibility index (Phi) is 4.49. The first kappa shape index (κ1) is 11.7. The average Bonchev–Trinajstić information content (AvgIpc) is 1.97. The molecular formula is C10H20OSi. The van der Waals surface area contributed by atoms with Crippen molar-refractivity contribution in [1.82, 2.24) is 0 Å². The van der Waals surface area contributed by atoms with Crippen molar-refractivity contribution in [2.24, 2.45) is 0 Å². The largest absolute Gasteiger partial charge is 0.392 e.